The summed E-state index contributed by atoms with van der Waals surface area (Å²) in [6.07, 6.45) is -3.98. The number of hydrogen-bond acceptors (Lipinski definition) is 4. The van der Waals surface area contributed by atoms with Crippen LogP contribution in [0.1, 0.15) is 30.0 Å². The molecule has 0 aliphatic carbocycles. The maximum Gasteiger partial charge on any atom is 0.433 e. The lowest BCUT2D eigenvalue weighted by molar-refractivity contribution is -0.141. The fourth-order valence-electron chi connectivity index (χ4n) is 4.10. The van der Waals surface area contributed by atoms with Gasteiger partial charge in [0.05, 0.1) is 17.7 Å². The number of urea groups is 1. The van der Waals surface area contributed by atoms with Gasteiger partial charge in [-0.2, -0.15) is 13.2 Å². The highest BCUT2D eigenvalue weighted by Crippen LogP contribution is 2.32. The number of halogens is 5. The summed E-state index contributed by atoms with van der Waals surface area (Å²) < 4.78 is 63.8. The lowest BCUT2D eigenvalue weighted by Crippen LogP contribution is -2.36. The van der Waals surface area contributed by atoms with Crippen molar-refractivity contribution < 1.29 is 26.7 Å². The Bertz CT molecular complexity index is 1160. The zero-order chi connectivity index (χ0) is 24.3. The number of alkyl halides is 5. The molecular formula is C23H22F5N5O. The number of anilines is 2. The highest BCUT2D eigenvalue weighted by atomic mass is 19.4. The van der Waals surface area contributed by atoms with Crippen molar-refractivity contribution in [2.45, 2.75) is 31.4 Å². The smallest absolute Gasteiger partial charge is 0.307 e. The molecule has 180 valence electrons. The van der Waals surface area contributed by atoms with Crippen molar-refractivity contribution in [1.29, 1.82) is 0 Å². The average Bonchev–Trinajstić information content (AvgIpc) is 2.79. The van der Waals surface area contributed by atoms with Crippen LogP contribution in [0.25, 0.3) is 10.9 Å². The first-order valence-electron chi connectivity index (χ1n) is 10.7. The molecule has 2 aromatic heterocycles. The number of piperidine rings is 1. The van der Waals surface area contributed by atoms with Crippen LogP contribution in [0.4, 0.5) is 38.3 Å². The number of likely N-dealkylation sites (tertiary alicyclic amines) is 1. The van der Waals surface area contributed by atoms with Gasteiger partial charge >= 0.3 is 12.2 Å². The van der Waals surface area contributed by atoms with E-state index in [-0.39, 0.29) is 18.3 Å². The van der Waals surface area contributed by atoms with Crippen LogP contribution in [-0.2, 0) is 6.18 Å². The summed E-state index contributed by atoms with van der Waals surface area (Å²) in [6, 6.07) is 9.77. The molecule has 3 heterocycles. The van der Waals surface area contributed by atoms with Crippen molar-refractivity contribution in [2.24, 2.45) is 0 Å². The van der Waals surface area contributed by atoms with Crippen LogP contribution >= 0.6 is 0 Å². The second kappa shape index (κ2) is 9.88. The monoisotopic (exact) mass is 479 g/mol. The quantitative estimate of drug-likeness (QED) is 0.458. The highest BCUT2D eigenvalue weighted by Gasteiger charge is 2.32. The lowest BCUT2D eigenvalue weighted by atomic mass is 9.88. The van der Waals surface area contributed by atoms with E-state index in [0.29, 0.717) is 29.7 Å². The van der Waals surface area contributed by atoms with E-state index >= 15 is 0 Å². The standard InChI is InChI=1S/C23H22F5N5O/c24-20(25)13-33-10-7-14(8-11-33)15-4-5-17-16(12-15)18(6-9-29-17)30-22(34)32-21-3-1-2-19(31-21)23(26,27)28/h1-6,9,12,14,20H,7-8,10-11,13H2,(H2,29,30,31,32,34). The molecule has 1 fully saturated rings. The number of carbonyl (C=O) groups is 1. The second-order valence-corrected chi connectivity index (χ2v) is 8.09. The Labute approximate surface area is 192 Å². The fourth-order valence-corrected chi connectivity index (χ4v) is 4.10. The van der Waals surface area contributed by atoms with Crippen molar-refractivity contribution in [1.82, 2.24) is 14.9 Å². The number of hydrogen-bond donors (Lipinski definition) is 2. The number of carbonyl (C=O) groups excluding carboxylic acids is 1. The Morgan fingerprint density at radius 1 is 1.09 bits per heavy atom. The van der Waals surface area contributed by atoms with Gasteiger partial charge in [0.2, 0.25) is 0 Å². The number of amides is 2. The Kier molecular flexibility index (Phi) is 6.92. The molecule has 2 amide bonds. The largest absolute Gasteiger partial charge is 0.433 e. The van der Waals surface area contributed by atoms with Gasteiger partial charge in [-0.05, 0) is 67.7 Å². The summed E-state index contributed by atoms with van der Waals surface area (Å²) >= 11 is 0. The molecule has 3 aromatic rings. The maximum atomic E-state index is 12.9. The van der Waals surface area contributed by atoms with Crippen LogP contribution in [0.3, 0.4) is 0 Å². The third kappa shape index (κ3) is 5.77. The first-order valence-corrected chi connectivity index (χ1v) is 10.7. The van der Waals surface area contributed by atoms with E-state index in [1.807, 2.05) is 18.2 Å². The number of nitrogens with one attached hydrogen (secondary N) is 2. The van der Waals surface area contributed by atoms with Crippen LogP contribution in [-0.4, -0.2) is 47.0 Å². The Hall–Kier alpha value is -3.34. The van der Waals surface area contributed by atoms with E-state index in [1.54, 1.807) is 11.0 Å². The second-order valence-electron chi connectivity index (χ2n) is 8.09. The fraction of sp³-hybridized carbons (Fsp3) is 0.348. The molecule has 1 aliphatic heterocycles. The van der Waals surface area contributed by atoms with Gasteiger partial charge in [0.1, 0.15) is 11.5 Å². The summed E-state index contributed by atoms with van der Waals surface area (Å²) in [5.74, 6) is -0.0450. The topological polar surface area (TPSA) is 70.1 Å². The molecule has 11 heteroatoms. The number of benzene rings is 1. The van der Waals surface area contributed by atoms with E-state index < -0.39 is 24.3 Å². The van der Waals surface area contributed by atoms with Gasteiger partial charge in [0.15, 0.2) is 0 Å². The van der Waals surface area contributed by atoms with Crippen LogP contribution in [0.15, 0.2) is 48.7 Å². The van der Waals surface area contributed by atoms with Gasteiger partial charge in [-0.15, -0.1) is 0 Å². The molecule has 6 nitrogen and oxygen atoms in total. The number of pyridine rings is 2. The molecule has 0 bridgehead atoms. The molecule has 0 atom stereocenters. The molecule has 0 spiro atoms. The van der Waals surface area contributed by atoms with Crippen LogP contribution in [0, 0.1) is 0 Å². The van der Waals surface area contributed by atoms with Gasteiger partial charge in [0, 0.05) is 11.6 Å². The third-order valence-corrected chi connectivity index (χ3v) is 5.75. The van der Waals surface area contributed by atoms with Crippen molar-refractivity contribution in [3.05, 3.63) is 59.9 Å². The lowest BCUT2D eigenvalue weighted by Gasteiger charge is -2.32. The molecule has 0 unspecified atom stereocenters. The maximum absolute atomic E-state index is 12.9. The minimum atomic E-state index is -4.62. The SMILES string of the molecule is O=C(Nc1cccc(C(F)(F)F)n1)Nc1ccnc2ccc(C3CCN(CC(F)F)CC3)cc12. The van der Waals surface area contributed by atoms with Crippen LogP contribution in [0.5, 0.6) is 0 Å². The molecule has 1 aromatic carbocycles. The molecule has 1 aliphatic rings. The van der Waals surface area contributed by atoms with Gasteiger partial charge < -0.3 is 5.32 Å². The third-order valence-electron chi connectivity index (χ3n) is 5.75. The van der Waals surface area contributed by atoms with Gasteiger partial charge in [0.25, 0.3) is 6.43 Å². The number of nitrogens with zero attached hydrogens (tertiary/aromatic N) is 3. The van der Waals surface area contributed by atoms with Crippen LogP contribution in [0.2, 0.25) is 0 Å². The van der Waals surface area contributed by atoms with Crippen molar-refractivity contribution >= 4 is 28.4 Å². The Morgan fingerprint density at radius 3 is 2.56 bits per heavy atom. The molecule has 4 rings (SSSR count). The first-order chi connectivity index (χ1) is 16.2. The molecule has 0 saturated carbocycles. The number of fused-ring (bicyclic) bond motifs is 1. The van der Waals surface area contributed by atoms with E-state index in [0.717, 1.165) is 30.5 Å². The zero-order valence-corrected chi connectivity index (χ0v) is 17.9. The minimum absolute atomic E-state index is 0.189. The van der Waals surface area contributed by atoms with E-state index in [4.69, 9.17) is 0 Å². The predicted molar refractivity (Wildman–Crippen MR) is 118 cm³/mol. The summed E-state index contributed by atoms with van der Waals surface area (Å²) in [6.45, 7) is 0.938. The van der Waals surface area contributed by atoms with Crippen molar-refractivity contribution in [2.75, 3.05) is 30.3 Å². The van der Waals surface area contributed by atoms with Gasteiger partial charge in [-0.3, -0.25) is 15.2 Å². The highest BCUT2D eigenvalue weighted by molar-refractivity contribution is 6.05. The van der Waals surface area contributed by atoms with E-state index in [9.17, 15) is 26.7 Å². The van der Waals surface area contributed by atoms with E-state index in [1.165, 1.54) is 12.3 Å². The summed E-state index contributed by atoms with van der Waals surface area (Å²) in [5, 5.41) is 5.63. The first kappa shape index (κ1) is 23.8. The summed E-state index contributed by atoms with van der Waals surface area (Å²) in [7, 11) is 0. The van der Waals surface area contributed by atoms with Crippen molar-refractivity contribution in [3.8, 4) is 0 Å². The molecule has 1 saturated heterocycles. The van der Waals surface area contributed by atoms with Gasteiger partial charge in [-0.1, -0.05) is 12.1 Å². The van der Waals surface area contributed by atoms with E-state index in [2.05, 4.69) is 20.6 Å². The van der Waals surface area contributed by atoms with Crippen LogP contribution < -0.4 is 10.6 Å². The number of rotatable bonds is 5. The number of aromatic nitrogens is 2. The van der Waals surface area contributed by atoms with Crippen molar-refractivity contribution in [3.63, 3.8) is 0 Å². The summed E-state index contributed by atoms with van der Waals surface area (Å²) in [5.41, 5.74) is 0.976. The Balaban J connectivity index is 1.48. The molecular weight excluding hydrogens is 457 g/mol. The Morgan fingerprint density at radius 2 is 1.85 bits per heavy atom. The minimum Gasteiger partial charge on any atom is -0.307 e. The zero-order valence-electron chi connectivity index (χ0n) is 17.9. The molecule has 0 radical (unpaired) electrons. The average molecular weight is 479 g/mol. The molecule has 34 heavy (non-hydrogen) atoms. The predicted octanol–water partition coefficient (Wildman–Crippen LogP) is 5.74. The van der Waals surface area contributed by atoms with Gasteiger partial charge in [-0.25, -0.2) is 18.6 Å². The normalized spacial score (nSPS) is 15.6. The molecule has 2 N–H and O–H groups in total. The summed E-state index contributed by atoms with van der Waals surface area (Å²) in [4.78, 5) is 21.9.